The Balaban J connectivity index is 2.37. The molecule has 1 aromatic rings. The van der Waals surface area contributed by atoms with Crippen molar-refractivity contribution in [2.75, 3.05) is 7.11 Å². The second-order valence-corrected chi connectivity index (χ2v) is 5.28. The van der Waals surface area contributed by atoms with E-state index in [2.05, 4.69) is 14.8 Å². The Hall–Kier alpha value is -2.67. The first-order valence-corrected chi connectivity index (χ1v) is 7.58. The molecule has 1 heterocycles. The summed E-state index contributed by atoms with van der Waals surface area (Å²) < 4.78 is 4.56. The molecule has 0 atom stereocenters. The standard InChI is InChI=1S/C16H15N3O3S/c1-3-4-10-17-19-15(21)13(11-14(20)22-2)23-16(19)18-12-8-6-5-7-9-12/h3-11H,1-2H3/b4-3+,13-11-,17-10+,18-16?. The van der Waals surface area contributed by atoms with Gasteiger partial charge < -0.3 is 4.74 Å². The van der Waals surface area contributed by atoms with Gasteiger partial charge in [-0.3, -0.25) is 4.79 Å². The van der Waals surface area contributed by atoms with Crippen molar-refractivity contribution in [3.63, 3.8) is 0 Å². The number of para-hydroxylation sites is 1. The van der Waals surface area contributed by atoms with Gasteiger partial charge in [0.25, 0.3) is 5.91 Å². The van der Waals surface area contributed by atoms with Crippen molar-refractivity contribution >= 4 is 40.7 Å². The van der Waals surface area contributed by atoms with Gasteiger partial charge in [-0.05, 0) is 36.9 Å². The molecule has 0 saturated carbocycles. The van der Waals surface area contributed by atoms with Gasteiger partial charge in [-0.2, -0.15) is 10.1 Å². The molecule has 0 bridgehead atoms. The fourth-order valence-corrected chi connectivity index (χ4v) is 2.50. The molecule has 0 N–H and O–H groups in total. The minimum absolute atomic E-state index is 0.212. The lowest BCUT2D eigenvalue weighted by molar-refractivity contribution is -0.135. The van der Waals surface area contributed by atoms with Crippen LogP contribution in [0, 0.1) is 0 Å². The number of hydrazone groups is 1. The quantitative estimate of drug-likeness (QED) is 0.484. The highest BCUT2D eigenvalue weighted by atomic mass is 32.2. The van der Waals surface area contributed by atoms with Crippen LogP contribution in [0.15, 0.2) is 63.6 Å². The summed E-state index contributed by atoms with van der Waals surface area (Å²) in [5.41, 5.74) is 0.688. The summed E-state index contributed by atoms with van der Waals surface area (Å²) >= 11 is 1.07. The van der Waals surface area contributed by atoms with Crippen molar-refractivity contribution in [2.45, 2.75) is 6.92 Å². The molecule has 1 aliphatic rings. The maximum absolute atomic E-state index is 12.4. The van der Waals surface area contributed by atoms with E-state index in [0.717, 1.165) is 22.8 Å². The Morgan fingerprint density at radius 1 is 1.30 bits per heavy atom. The third-order valence-electron chi connectivity index (χ3n) is 2.68. The number of thioether (sulfide) groups is 1. The molecule has 1 aliphatic heterocycles. The van der Waals surface area contributed by atoms with Gasteiger partial charge in [0.1, 0.15) is 0 Å². The molecule has 23 heavy (non-hydrogen) atoms. The highest BCUT2D eigenvalue weighted by molar-refractivity contribution is 8.18. The summed E-state index contributed by atoms with van der Waals surface area (Å²) in [7, 11) is 1.25. The van der Waals surface area contributed by atoms with Gasteiger partial charge >= 0.3 is 5.97 Å². The third kappa shape index (κ3) is 4.40. The number of allylic oxidation sites excluding steroid dienone is 2. The first-order valence-electron chi connectivity index (χ1n) is 6.76. The number of amidine groups is 1. The van der Waals surface area contributed by atoms with Gasteiger partial charge in [0.15, 0.2) is 5.17 Å². The smallest absolute Gasteiger partial charge is 0.331 e. The summed E-state index contributed by atoms with van der Waals surface area (Å²) in [4.78, 5) is 28.4. The van der Waals surface area contributed by atoms with Crippen LogP contribution in [0.1, 0.15) is 6.92 Å². The molecule has 1 amide bonds. The maximum atomic E-state index is 12.4. The zero-order chi connectivity index (χ0) is 16.7. The van der Waals surface area contributed by atoms with E-state index in [0.29, 0.717) is 10.9 Å². The zero-order valence-electron chi connectivity index (χ0n) is 12.7. The molecule has 1 saturated heterocycles. The van der Waals surface area contributed by atoms with E-state index < -0.39 is 11.9 Å². The number of hydrogen-bond acceptors (Lipinski definition) is 6. The molecule has 6 nitrogen and oxygen atoms in total. The monoisotopic (exact) mass is 329 g/mol. The van der Waals surface area contributed by atoms with Gasteiger partial charge in [-0.1, -0.05) is 24.3 Å². The van der Waals surface area contributed by atoms with Gasteiger partial charge in [-0.25, -0.2) is 9.79 Å². The Kier molecular flexibility index (Phi) is 5.87. The molecule has 0 aromatic heterocycles. The maximum Gasteiger partial charge on any atom is 0.331 e. The molecule has 0 aliphatic carbocycles. The summed E-state index contributed by atoms with van der Waals surface area (Å²) in [6.45, 7) is 1.84. The van der Waals surface area contributed by atoms with Crippen LogP contribution in [-0.2, 0) is 14.3 Å². The van der Waals surface area contributed by atoms with Gasteiger partial charge in [0, 0.05) is 12.3 Å². The van der Waals surface area contributed by atoms with Crippen molar-refractivity contribution in [3.05, 3.63) is 53.5 Å². The average Bonchev–Trinajstić information content (AvgIpc) is 2.84. The van der Waals surface area contributed by atoms with E-state index in [-0.39, 0.29) is 4.91 Å². The SMILES string of the molecule is C/C=C/C=N/N1C(=O)/C(=C/C(=O)OC)SC1=Nc1ccccc1. The van der Waals surface area contributed by atoms with Crippen LogP contribution in [0.25, 0.3) is 0 Å². The van der Waals surface area contributed by atoms with E-state index in [1.54, 1.807) is 12.2 Å². The second-order valence-electron chi connectivity index (χ2n) is 4.27. The molecular weight excluding hydrogens is 314 g/mol. The zero-order valence-corrected chi connectivity index (χ0v) is 13.5. The first kappa shape index (κ1) is 16.7. The fourth-order valence-electron chi connectivity index (χ4n) is 1.61. The lowest BCUT2D eigenvalue weighted by atomic mass is 10.3. The van der Waals surface area contributed by atoms with E-state index in [1.807, 2.05) is 37.3 Å². The minimum Gasteiger partial charge on any atom is -0.466 e. The van der Waals surface area contributed by atoms with Crippen LogP contribution in [0.4, 0.5) is 5.69 Å². The van der Waals surface area contributed by atoms with E-state index in [9.17, 15) is 9.59 Å². The number of ether oxygens (including phenoxy) is 1. The number of rotatable bonds is 4. The molecule has 1 aromatic carbocycles. The van der Waals surface area contributed by atoms with Gasteiger partial charge in [-0.15, -0.1) is 0 Å². The normalized spacial score (nSPS) is 18.7. The van der Waals surface area contributed by atoms with Gasteiger partial charge in [0.05, 0.1) is 17.7 Å². The summed E-state index contributed by atoms with van der Waals surface area (Å²) in [5, 5.41) is 5.61. The molecule has 118 valence electrons. The molecular formula is C16H15N3O3S. The number of aliphatic imine (C=N–C) groups is 1. The van der Waals surface area contributed by atoms with Crippen molar-refractivity contribution in [1.29, 1.82) is 0 Å². The van der Waals surface area contributed by atoms with Crippen LogP contribution < -0.4 is 0 Å². The van der Waals surface area contributed by atoms with Crippen molar-refractivity contribution in [2.24, 2.45) is 10.1 Å². The average molecular weight is 329 g/mol. The minimum atomic E-state index is -0.598. The number of esters is 1. The summed E-state index contributed by atoms with van der Waals surface area (Å²) in [5.74, 6) is -1.02. The number of carbonyl (C=O) groups is 2. The number of carbonyl (C=O) groups excluding carboxylic acids is 2. The third-order valence-corrected chi connectivity index (χ3v) is 3.64. The largest absolute Gasteiger partial charge is 0.466 e. The molecule has 0 radical (unpaired) electrons. The lowest BCUT2D eigenvalue weighted by Crippen LogP contribution is -2.23. The Morgan fingerprint density at radius 2 is 2.04 bits per heavy atom. The second kappa shape index (κ2) is 8.09. The van der Waals surface area contributed by atoms with Crippen LogP contribution >= 0.6 is 11.8 Å². The number of methoxy groups -OCH3 is 1. The first-order chi connectivity index (χ1) is 11.2. The number of amides is 1. The van der Waals surface area contributed by atoms with Crippen LogP contribution in [0.2, 0.25) is 0 Å². The topological polar surface area (TPSA) is 71.3 Å². The molecule has 1 fully saturated rings. The predicted octanol–water partition coefficient (Wildman–Crippen LogP) is 2.87. The molecule has 0 spiro atoms. The molecule has 2 rings (SSSR count). The van der Waals surface area contributed by atoms with Crippen molar-refractivity contribution in [1.82, 2.24) is 5.01 Å². The highest BCUT2D eigenvalue weighted by Crippen LogP contribution is 2.32. The lowest BCUT2D eigenvalue weighted by Gasteiger charge is -2.07. The fraction of sp³-hybridized carbons (Fsp3) is 0.125. The van der Waals surface area contributed by atoms with Gasteiger partial charge in [0.2, 0.25) is 0 Å². The van der Waals surface area contributed by atoms with Crippen molar-refractivity contribution < 1.29 is 14.3 Å². The van der Waals surface area contributed by atoms with E-state index >= 15 is 0 Å². The molecule has 7 heteroatoms. The number of benzene rings is 1. The van der Waals surface area contributed by atoms with E-state index in [4.69, 9.17) is 0 Å². The summed E-state index contributed by atoms with van der Waals surface area (Å²) in [6, 6.07) is 9.20. The number of hydrogen-bond donors (Lipinski definition) is 0. The Morgan fingerprint density at radius 3 is 2.70 bits per heavy atom. The van der Waals surface area contributed by atoms with Crippen LogP contribution in [0.5, 0.6) is 0 Å². The van der Waals surface area contributed by atoms with Crippen LogP contribution in [0.3, 0.4) is 0 Å². The van der Waals surface area contributed by atoms with Crippen molar-refractivity contribution in [3.8, 4) is 0 Å². The summed E-state index contributed by atoms with van der Waals surface area (Å²) in [6.07, 6.45) is 6.11. The Labute approximate surface area is 138 Å². The molecule has 0 unspecified atom stereocenters. The number of nitrogens with zero attached hydrogens (tertiary/aromatic N) is 3. The predicted molar refractivity (Wildman–Crippen MR) is 91.4 cm³/mol. The Bertz CT molecular complexity index is 709. The highest BCUT2D eigenvalue weighted by Gasteiger charge is 2.34. The van der Waals surface area contributed by atoms with Crippen LogP contribution in [-0.4, -0.2) is 35.4 Å². The van der Waals surface area contributed by atoms with E-state index in [1.165, 1.54) is 13.3 Å².